The Morgan fingerprint density at radius 1 is 1.11 bits per heavy atom. The minimum Gasteiger partial charge on any atom is -0.480 e. The SMILES string of the molecule is NC(=O)c1c[nH]c2cc(N(CC(=O)O)S(=O)(=O)c3cc(Cl)cc(Cl)c3)ccc12. The first kappa shape index (κ1) is 20.0. The molecule has 8 nitrogen and oxygen atoms in total. The number of aliphatic carboxylic acids is 1. The third-order valence-electron chi connectivity index (χ3n) is 3.92. The lowest BCUT2D eigenvalue weighted by Gasteiger charge is -2.23. The van der Waals surface area contributed by atoms with Crippen LogP contribution < -0.4 is 10.0 Å². The summed E-state index contributed by atoms with van der Waals surface area (Å²) in [5, 5.41) is 9.89. The second-order valence-electron chi connectivity index (χ2n) is 5.81. The molecule has 28 heavy (non-hydrogen) atoms. The van der Waals surface area contributed by atoms with Gasteiger partial charge in [-0.1, -0.05) is 23.2 Å². The number of carboxylic acid groups (broad SMARTS) is 1. The van der Waals surface area contributed by atoms with E-state index >= 15 is 0 Å². The van der Waals surface area contributed by atoms with Crippen molar-refractivity contribution < 1.29 is 23.1 Å². The van der Waals surface area contributed by atoms with Gasteiger partial charge in [-0.15, -0.1) is 0 Å². The Hall–Kier alpha value is -2.75. The highest BCUT2D eigenvalue weighted by molar-refractivity contribution is 7.92. The van der Waals surface area contributed by atoms with Crippen molar-refractivity contribution in [2.75, 3.05) is 10.8 Å². The number of carboxylic acids is 1. The molecule has 0 fully saturated rings. The predicted molar refractivity (Wildman–Crippen MR) is 105 cm³/mol. The number of benzene rings is 2. The quantitative estimate of drug-likeness (QED) is 0.540. The van der Waals surface area contributed by atoms with Crippen LogP contribution in [0, 0.1) is 0 Å². The molecule has 0 atom stereocenters. The molecule has 1 amide bonds. The number of aromatic amines is 1. The first-order chi connectivity index (χ1) is 13.1. The molecule has 0 saturated carbocycles. The van der Waals surface area contributed by atoms with Gasteiger partial charge in [0.15, 0.2) is 0 Å². The summed E-state index contributed by atoms with van der Waals surface area (Å²) in [5.41, 5.74) is 6.02. The smallest absolute Gasteiger partial charge is 0.324 e. The van der Waals surface area contributed by atoms with Crippen LogP contribution in [0.2, 0.25) is 10.0 Å². The van der Waals surface area contributed by atoms with Gasteiger partial charge >= 0.3 is 5.97 Å². The van der Waals surface area contributed by atoms with Gasteiger partial charge in [0.25, 0.3) is 15.9 Å². The third-order valence-corrected chi connectivity index (χ3v) is 6.11. The molecule has 3 aromatic rings. The maximum Gasteiger partial charge on any atom is 0.324 e. The molecule has 0 aliphatic heterocycles. The van der Waals surface area contributed by atoms with Crippen LogP contribution in [0.15, 0.2) is 47.5 Å². The molecule has 0 radical (unpaired) electrons. The van der Waals surface area contributed by atoms with Crippen LogP contribution >= 0.6 is 23.2 Å². The van der Waals surface area contributed by atoms with Gasteiger partial charge in [-0.25, -0.2) is 8.42 Å². The predicted octanol–water partition coefficient (Wildman–Crippen LogP) is 2.85. The average Bonchev–Trinajstić information content (AvgIpc) is 3.01. The van der Waals surface area contributed by atoms with Gasteiger partial charge in [-0.2, -0.15) is 0 Å². The highest BCUT2D eigenvalue weighted by Gasteiger charge is 2.28. The molecular weight excluding hydrogens is 429 g/mol. The summed E-state index contributed by atoms with van der Waals surface area (Å²) in [6.45, 7) is -0.832. The maximum absolute atomic E-state index is 13.1. The highest BCUT2D eigenvalue weighted by Crippen LogP contribution is 2.30. The van der Waals surface area contributed by atoms with E-state index in [4.69, 9.17) is 28.9 Å². The zero-order chi connectivity index (χ0) is 20.6. The fourth-order valence-electron chi connectivity index (χ4n) is 2.72. The van der Waals surface area contributed by atoms with E-state index in [-0.39, 0.29) is 26.2 Å². The van der Waals surface area contributed by atoms with Gasteiger partial charge in [0.2, 0.25) is 0 Å². The molecule has 0 spiro atoms. The van der Waals surface area contributed by atoms with E-state index in [2.05, 4.69) is 4.98 Å². The van der Waals surface area contributed by atoms with Gasteiger partial charge in [0.05, 0.1) is 16.1 Å². The number of amides is 1. The molecule has 0 aliphatic carbocycles. The number of hydrogen-bond acceptors (Lipinski definition) is 4. The number of hydrogen-bond donors (Lipinski definition) is 3. The number of fused-ring (bicyclic) bond motifs is 1. The molecule has 1 heterocycles. The van der Waals surface area contributed by atoms with E-state index in [9.17, 15) is 23.1 Å². The van der Waals surface area contributed by atoms with Gasteiger partial charge in [0, 0.05) is 27.1 Å². The van der Waals surface area contributed by atoms with Crippen LogP contribution in [0.1, 0.15) is 10.4 Å². The second kappa shape index (κ2) is 7.34. The van der Waals surface area contributed by atoms with Crippen molar-refractivity contribution in [1.82, 2.24) is 4.98 Å². The molecule has 2 aromatic carbocycles. The second-order valence-corrected chi connectivity index (χ2v) is 8.54. The highest BCUT2D eigenvalue weighted by atomic mass is 35.5. The summed E-state index contributed by atoms with van der Waals surface area (Å²) in [6.07, 6.45) is 1.39. The van der Waals surface area contributed by atoms with Crippen LogP contribution in [0.25, 0.3) is 10.9 Å². The molecule has 1 aromatic heterocycles. The first-order valence-corrected chi connectivity index (χ1v) is 9.91. The Bertz CT molecular complexity index is 1190. The van der Waals surface area contributed by atoms with Crippen molar-refractivity contribution in [3.05, 3.63) is 58.2 Å². The van der Waals surface area contributed by atoms with E-state index in [1.807, 2.05) is 0 Å². The number of carbonyl (C=O) groups excluding carboxylic acids is 1. The first-order valence-electron chi connectivity index (χ1n) is 7.71. The summed E-state index contributed by atoms with van der Waals surface area (Å²) in [6, 6.07) is 7.99. The topological polar surface area (TPSA) is 134 Å². The summed E-state index contributed by atoms with van der Waals surface area (Å²) in [4.78, 5) is 25.3. The van der Waals surface area contributed by atoms with Gasteiger partial charge in [-0.05, 0) is 36.4 Å². The number of sulfonamides is 1. The maximum atomic E-state index is 13.1. The number of halogens is 2. The molecule has 3 rings (SSSR count). The van der Waals surface area contributed by atoms with Gasteiger partial charge in [0.1, 0.15) is 6.54 Å². The summed E-state index contributed by atoms with van der Waals surface area (Å²) >= 11 is 11.8. The summed E-state index contributed by atoms with van der Waals surface area (Å²) in [7, 11) is -4.29. The Morgan fingerprint density at radius 2 is 1.75 bits per heavy atom. The number of aromatic nitrogens is 1. The van der Waals surface area contributed by atoms with E-state index in [1.54, 1.807) is 0 Å². The molecule has 0 bridgehead atoms. The van der Waals surface area contributed by atoms with Crippen molar-refractivity contribution in [2.24, 2.45) is 5.73 Å². The van der Waals surface area contributed by atoms with Crippen molar-refractivity contribution in [3.63, 3.8) is 0 Å². The molecule has 146 valence electrons. The normalized spacial score (nSPS) is 11.5. The number of nitrogens with two attached hydrogens (primary N) is 1. The Morgan fingerprint density at radius 3 is 2.32 bits per heavy atom. The third kappa shape index (κ3) is 3.77. The standard InChI is InChI=1S/C17H13Cl2N3O5S/c18-9-3-10(19)5-12(4-9)28(26,27)22(8-16(23)24)11-1-2-13-14(17(20)25)7-21-15(13)6-11/h1-7,21H,8H2,(H2,20,25)(H,23,24). The molecular formula is C17H13Cl2N3O5S. The molecule has 0 saturated heterocycles. The van der Waals surface area contributed by atoms with E-state index < -0.39 is 28.4 Å². The van der Waals surface area contributed by atoms with E-state index in [1.165, 1.54) is 42.6 Å². The Kier molecular flexibility index (Phi) is 5.24. The monoisotopic (exact) mass is 441 g/mol. The van der Waals surface area contributed by atoms with E-state index in [0.29, 0.717) is 15.2 Å². The number of nitrogens with zero attached hydrogens (tertiary/aromatic N) is 1. The average molecular weight is 442 g/mol. The number of H-pyrrole nitrogens is 1. The van der Waals surface area contributed by atoms with Gasteiger partial charge < -0.3 is 15.8 Å². The Balaban J connectivity index is 2.15. The van der Waals surface area contributed by atoms with Crippen molar-refractivity contribution in [1.29, 1.82) is 0 Å². The minimum absolute atomic E-state index is 0.0730. The minimum atomic E-state index is -4.29. The lowest BCUT2D eigenvalue weighted by atomic mass is 10.1. The largest absolute Gasteiger partial charge is 0.480 e. The fraction of sp³-hybridized carbons (Fsp3) is 0.0588. The summed E-state index contributed by atoms with van der Waals surface area (Å²) < 4.78 is 26.9. The van der Waals surface area contributed by atoms with Crippen LogP contribution in [-0.4, -0.2) is 36.9 Å². The lowest BCUT2D eigenvalue weighted by molar-refractivity contribution is -0.135. The molecule has 4 N–H and O–H groups in total. The Labute approximate surface area is 169 Å². The molecule has 0 unspecified atom stereocenters. The summed E-state index contributed by atoms with van der Waals surface area (Å²) in [5.74, 6) is -2.01. The zero-order valence-corrected chi connectivity index (χ0v) is 16.3. The van der Waals surface area contributed by atoms with E-state index in [0.717, 1.165) is 0 Å². The van der Waals surface area contributed by atoms with Crippen LogP contribution in [0.4, 0.5) is 5.69 Å². The van der Waals surface area contributed by atoms with Crippen LogP contribution in [0.5, 0.6) is 0 Å². The van der Waals surface area contributed by atoms with Crippen LogP contribution in [-0.2, 0) is 14.8 Å². The van der Waals surface area contributed by atoms with Crippen LogP contribution in [0.3, 0.4) is 0 Å². The number of primary amides is 1. The number of nitrogens with one attached hydrogen (secondary N) is 1. The zero-order valence-electron chi connectivity index (χ0n) is 14.0. The number of carbonyl (C=O) groups is 2. The van der Waals surface area contributed by atoms with Crippen molar-refractivity contribution >= 4 is 61.7 Å². The van der Waals surface area contributed by atoms with Crippen molar-refractivity contribution in [3.8, 4) is 0 Å². The number of rotatable bonds is 6. The molecule has 0 aliphatic rings. The van der Waals surface area contributed by atoms with Gasteiger partial charge in [-0.3, -0.25) is 13.9 Å². The fourth-order valence-corrected chi connectivity index (χ4v) is 4.85. The lowest BCUT2D eigenvalue weighted by Crippen LogP contribution is -2.35. The molecule has 11 heteroatoms. The van der Waals surface area contributed by atoms with Crippen molar-refractivity contribution in [2.45, 2.75) is 4.90 Å². The number of anilines is 1.